The quantitative estimate of drug-likeness (QED) is 0.171. The number of benzene rings is 3. The van der Waals surface area contributed by atoms with Crippen LogP contribution in [0.1, 0.15) is 106 Å². The molecular formula is C46H52N7+. The topological polar surface area (TPSA) is 73.3 Å². The number of para-hydroxylation sites is 1. The fourth-order valence-electron chi connectivity index (χ4n) is 6.73. The van der Waals surface area contributed by atoms with E-state index in [1.807, 2.05) is 24.8 Å². The monoisotopic (exact) mass is 702 g/mol. The summed E-state index contributed by atoms with van der Waals surface area (Å²) in [4.78, 5) is 25.3. The number of rotatable bonds is 4. The summed E-state index contributed by atoms with van der Waals surface area (Å²) in [6.45, 7) is 26.4. The van der Waals surface area contributed by atoms with Gasteiger partial charge >= 0.3 is 0 Å². The minimum atomic E-state index is -0.233. The maximum absolute atomic E-state index is 5.32. The molecule has 0 aliphatic carbocycles. The maximum Gasteiger partial charge on any atom is 0.275 e. The second kappa shape index (κ2) is 12.7. The van der Waals surface area contributed by atoms with Crippen LogP contribution in [-0.2, 0) is 21.7 Å². The normalized spacial score (nSPS) is 12.9. The molecule has 0 bridgehead atoms. The molecular weight excluding hydrogens is 651 g/mol. The summed E-state index contributed by atoms with van der Waals surface area (Å²) in [7, 11) is 0. The number of nitrogens with zero attached hydrogens (tertiary/aromatic N) is 7. The number of aromatic nitrogens is 7. The zero-order valence-electron chi connectivity index (χ0n) is 33.4. The molecule has 7 aromatic rings. The lowest BCUT2D eigenvalue weighted by molar-refractivity contribution is -0.592. The Kier molecular flexibility index (Phi) is 8.63. The molecule has 0 radical (unpaired) electrons. The number of hydrogen-bond donors (Lipinski definition) is 0. The van der Waals surface area contributed by atoms with E-state index < -0.39 is 0 Å². The predicted molar refractivity (Wildman–Crippen MR) is 217 cm³/mol. The van der Waals surface area contributed by atoms with Gasteiger partial charge in [-0.2, -0.15) is 4.57 Å². The lowest BCUT2D eigenvalue weighted by Crippen LogP contribution is -2.41. The van der Waals surface area contributed by atoms with E-state index in [4.69, 9.17) is 24.9 Å². The van der Waals surface area contributed by atoms with Crippen LogP contribution in [0, 0.1) is 0 Å². The van der Waals surface area contributed by atoms with Gasteiger partial charge in [-0.3, -0.25) is 4.57 Å². The van der Waals surface area contributed by atoms with Gasteiger partial charge in [-0.25, -0.2) is 15.0 Å². The van der Waals surface area contributed by atoms with Crippen molar-refractivity contribution in [2.24, 2.45) is 0 Å². The van der Waals surface area contributed by atoms with E-state index in [0.29, 0.717) is 5.95 Å². The third-order valence-corrected chi connectivity index (χ3v) is 10.0. The van der Waals surface area contributed by atoms with Crippen LogP contribution >= 0.6 is 0 Å². The molecule has 4 aromatic heterocycles. The van der Waals surface area contributed by atoms with Gasteiger partial charge in [0.2, 0.25) is 11.8 Å². The molecule has 0 aliphatic heterocycles. The average Bonchev–Trinajstić information content (AvgIpc) is 3.43. The van der Waals surface area contributed by atoms with Crippen molar-refractivity contribution < 1.29 is 4.57 Å². The Morgan fingerprint density at radius 3 is 1.77 bits per heavy atom. The highest BCUT2D eigenvalue weighted by Gasteiger charge is 2.33. The molecule has 7 rings (SSSR count). The molecule has 0 amide bonds. The highest BCUT2D eigenvalue weighted by atomic mass is 15.2. The van der Waals surface area contributed by atoms with Gasteiger partial charge in [-0.05, 0) is 51.1 Å². The van der Waals surface area contributed by atoms with Crippen molar-refractivity contribution in [2.75, 3.05) is 0 Å². The van der Waals surface area contributed by atoms with Crippen LogP contribution in [-0.4, -0.2) is 29.5 Å². The second-order valence-corrected chi connectivity index (χ2v) is 18.4. The first-order chi connectivity index (χ1) is 24.8. The summed E-state index contributed by atoms with van der Waals surface area (Å²) in [6, 6.07) is 23.8. The molecule has 0 saturated heterocycles. The summed E-state index contributed by atoms with van der Waals surface area (Å²) in [5.74, 6) is 3.12. The molecule has 0 spiro atoms. The molecule has 0 N–H and O–H groups in total. The lowest BCUT2D eigenvalue weighted by Gasteiger charge is -2.24. The Balaban J connectivity index is 1.48. The van der Waals surface area contributed by atoms with Crippen LogP contribution in [0.3, 0.4) is 0 Å². The molecule has 0 aliphatic rings. The smallest absolute Gasteiger partial charge is 0.275 e. The molecule has 3 aromatic carbocycles. The second-order valence-electron chi connectivity index (χ2n) is 18.4. The Labute approximate surface area is 314 Å². The van der Waals surface area contributed by atoms with Gasteiger partial charge in [0, 0.05) is 40.3 Å². The van der Waals surface area contributed by atoms with Gasteiger partial charge in [0.25, 0.3) is 11.6 Å². The summed E-state index contributed by atoms with van der Waals surface area (Å²) in [5.41, 5.74) is 7.95. The van der Waals surface area contributed by atoms with Gasteiger partial charge in [0.1, 0.15) is 6.20 Å². The van der Waals surface area contributed by atoms with E-state index in [0.717, 1.165) is 72.7 Å². The van der Waals surface area contributed by atoms with E-state index in [9.17, 15) is 0 Å². The summed E-state index contributed by atoms with van der Waals surface area (Å²) in [5, 5.41) is 2.31. The van der Waals surface area contributed by atoms with Crippen LogP contribution in [0.2, 0.25) is 0 Å². The van der Waals surface area contributed by atoms with Crippen molar-refractivity contribution in [3.8, 4) is 34.3 Å². The SMILES string of the molecule is CC(C)(C)c1cnc(-n2c3ccccc3c3ccc(-c4ccccc4-c4ncc(C(C)(C)C)c[n+]4-c4nc(C(C)(C)C)ncc4C(C)(C)C)cc32)nc1. The Morgan fingerprint density at radius 2 is 1.13 bits per heavy atom. The predicted octanol–water partition coefficient (Wildman–Crippen LogP) is 10.6. The lowest BCUT2D eigenvalue weighted by atomic mass is 9.87. The van der Waals surface area contributed by atoms with Crippen molar-refractivity contribution in [3.05, 3.63) is 120 Å². The zero-order valence-corrected chi connectivity index (χ0v) is 33.4. The van der Waals surface area contributed by atoms with E-state index in [1.165, 1.54) is 0 Å². The third-order valence-electron chi connectivity index (χ3n) is 10.0. The Hall–Kier alpha value is -5.30. The Morgan fingerprint density at radius 1 is 0.528 bits per heavy atom. The summed E-state index contributed by atoms with van der Waals surface area (Å²) >= 11 is 0. The van der Waals surface area contributed by atoms with Crippen LogP contribution in [0.25, 0.3) is 56.1 Å². The van der Waals surface area contributed by atoms with Gasteiger partial charge in [0.15, 0.2) is 0 Å². The summed E-state index contributed by atoms with van der Waals surface area (Å²) in [6.07, 6.45) is 10.2. The molecule has 53 heavy (non-hydrogen) atoms. The van der Waals surface area contributed by atoms with Crippen molar-refractivity contribution in [2.45, 2.75) is 105 Å². The van der Waals surface area contributed by atoms with E-state index in [-0.39, 0.29) is 21.7 Å². The molecule has 0 fully saturated rings. The molecule has 7 heteroatoms. The molecule has 7 nitrogen and oxygen atoms in total. The highest BCUT2D eigenvalue weighted by Crippen LogP contribution is 2.38. The van der Waals surface area contributed by atoms with Gasteiger partial charge in [0.05, 0.1) is 28.4 Å². The minimum absolute atomic E-state index is 0.0417. The van der Waals surface area contributed by atoms with E-state index >= 15 is 0 Å². The van der Waals surface area contributed by atoms with Crippen LogP contribution in [0.5, 0.6) is 0 Å². The van der Waals surface area contributed by atoms with Crippen molar-refractivity contribution in [3.63, 3.8) is 0 Å². The third kappa shape index (κ3) is 6.74. The minimum Gasteiger partial charge on any atom is -0.278 e. The molecule has 0 unspecified atom stereocenters. The Bertz CT molecular complexity index is 2480. The van der Waals surface area contributed by atoms with Crippen LogP contribution < -0.4 is 4.57 Å². The number of fused-ring (bicyclic) bond motifs is 3. The largest absolute Gasteiger partial charge is 0.278 e. The first kappa shape index (κ1) is 36.1. The number of hydrogen-bond acceptors (Lipinski definition) is 5. The first-order valence-electron chi connectivity index (χ1n) is 18.6. The van der Waals surface area contributed by atoms with Gasteiger partial charge in [-0.15, -0.1) is 4.98 Å². The zero-order chi connectivity index (χ0) is 38.1. The van der Waals surface area contributed by atoms with E-state index in [1.54, 1.807) is 0 Å². The maximum atomic E-state index is 5.32. The molecule has 270 valence electrons. The van der Waals surface area contributed by atoms with Crippen molar-refractivity contribution in [1.82, 2.24) is 29.5 Å². The molecule has 4 heterocycles. The fourth-order valence-corrected chi connectivity index (χ4v) is 6.73. The average molecular weight is 703 g/mol. The molecule has 0 saturated carbocycles. The van der Waals surface area contributed by atoms with Gasteiger partial charge < -0.3 is 0 Å². The van der Waals surface area contributed by atoms with E-state index in [2.05, 4.69) is 165 Å². The van der Waals surface area contributed by atoms with Crippen LogP contribution in [0.15, 0.2) is 97.7 Å². The molecule has 0 atom stereocenters. The van der Waals surface area contributed by atoms with Crippen molar-refractivity contribution >= 4 is 21.8 Å². The summed E-state index contributed by atoms with van der Waals surface area (Å²) < 4.78 is 4.39. The fraction of sp³-hybridized carbons (Fsp3) is 0.348. The first-order valence-corrected chi connectivity index (χ1v) is 18.6. The van der Waals surface area contributed by atoms with Gasteiger partial charge in [-0.1, -0.05) is 137 Å². The van der Waals surface area contributed by atoms with Crippen molar-refractivity contribution in [1.29, 1.82) is 0 Å². The highest BCUT2D eigenvalue weighted by molar-refractivity contribution is 6.10. The van der Waals surface area contributed by atoms with Crippen LogP contribution in [0.4, 0.5) is 0 Å². The standard InChI is InChI=1S/C46H52N7/c1-43(2,3)30-24-49-42(50-25-30)53-37-20-16-15-18-33(37)34-22-21-29(23-38(34)53)32-17-13-14-19-35(32)39-47-26-31(44(4,5)6)28-52(39)40-36(45(7,8)9)27-48-41(51-40)46(10,11)12/h13-28H,1-12H3/q+1.